The Morgan fingerprint density at radius 1 is 1.19 bits per heavy atom. The third-order valence-corrected chi connectivity index (χ3v) is 5.88. The highest BCUT2D eigenvalue weighted by molar-refractivity contribution is 4.97. The van der Waals surface area contributed by atoms with Crippen LogP contribution in [0.2, 0.25) is 0 Å². The molecular formula is C16H32. The lowest BCUT2D eigenvalue weighted by atomic mass is 9.61. The first-order valence-corrected chi connectivity index (χ1v) is 7.48. The van der Waals surface area contributed by atoms with Crippen LogP contribution in [0.1, 0.15) is 73.6 Å². The van der Waals surface area contributed by atoms with Crippen LogP contribution in [-0.2, 0) is 0 Å². The largest absolute Gasteiger partial charge is 0.0654 e. The molecule has 0 bridgehead atoms. The van der Waals surface area contributed by atoms with E-state index < -0.39 is 0 Å². The van der Waals surface area contributed by atoms with E-state index >= 15 is 0 Å². The van der Waals surface area contributed by atoms with Crippen molar-refractivity contribution in [2.75, 3.05) is 0 Å². The molecule has 1 aliphatic carbocycles. The maximum absolute atomic E-state index is 2.58. The molecule has 1 fully saturated rings. The molecule has 96 valence electrons. The summed E-state index contributed by atoms with van der Waals surface area (Å²) in [4.78, 5) is 0. The van der Waals surface area contributed by atoms with E-state index in [-0.39, 0.29) is 0 Å². The summed E-state index contributed by atoms with van der Waals surface area (Å²) >= 11 is 0. The van der Waals surface area contributed by atoms with Crippen LogP contribution in [0, 0.1) is 29.1 Å². The summed E-state index contributed by atoms with van der Waals surface area (Å²) in [5, 5.41) is 0. The fourth-order valence-electron chi connectivity index (χ4n) is 4.26. The molecule has 0 heteroatoms. The molecule has 16 heavy (non-hydrogen) atoms. The molecule has 0 nitrogen and oxygen atoms in total. The molecule has 0 spiro atoms. The molecular weight excluding hydrogens is 192 g/mol. The van der Waals surface area contributed by atoms with E-state index in [4.69, 9.17) is 0 Å². The molecule has 0 aliphatic heterocycles. The van der Waals surface area contributed by atoms with E-state index in [0.717, 1.165) is 23.7 Å². The normalized spacial score (nSPS) is 38.6. The van der Waals surface area contributed by atoms with Crippen LogP contribution < -0.4 is 0 Å². The van der Waals surface area contributed by atoms with Crippen molar-refractivity contribution in [2.24, 2.45) is 29.1 Å². The second-order valence-electron chi connectivity index (χ2n) is 6.53. The Morgan fingerprint density at radius 3 is 2.31 bits per heavy atom. The van der Waals surface area contributed by atoms with E-state index in [2.05, 4.69) is 41.5 Å². The van der Waals surface area contributed by atoms with E-state index in [0.29, 0.717) is 5.41 Å². The average Bonchev–Trinajstić information content (AvgIpc) is 2.56. The van der Waals surface area contributed by atoms with Crippen molar-refractivity contribution in [2.45, 2.75) is 73.6 Å². The minimum Gasteiger partial charge on any atom is -0.0654 e. The van der Waals surface area contributed by atoms with E-state index in [9.17, 15) is 0 Å². The highest BCUT2D eigenvalue weighted by atomic mass is 14.5. The van der Waals surface area contributed by atoms with Crippen LogP contribution >= 0.6 is 0 Å². The van der Waals surface area contributed by atoms with Gasteiger partial charge in [-0.15, -0.1) is 0 Å². The smallest absolute Gasteiger partial charge is 0.0244 e. The lowest BCUT2D eigenvalue weighted by molar-refractivity contribution is 0.0505. The van der Waals surface area contributed by atoms with Crippen molar-refractivity contribution in [3.63, 3.8) is 0 Å². The third-order valence-electron chi connectivity index (χ3n) is 5.88. The summed E-state index contributed by atoms with van der Waals surface area (Å²) in [6, 6.07) is 0. The summed E-state index contributed by atoms with van der Waals surface area (Å²) in [6.45, 7) is 14.7. The maximum Gasteiger partial charge on any atom is -0.0244 e. The van der Waals surface area contributed by atoms with E-state index in [1.807, 2.05) is 0 Å². The van der Waals surface area contributed by atoms with Crippen LogP contribution in [0.3, 0.4) is 0 Å². The van der Waals surface area contributed by atoms with Crippen LogP contribution in [0.25, 0.3) is 0 Å². The van der Waals surface area contributed by atoms with Gasteiger partial charge in [-0.1, -0.05) is 60.8 Å². The highest BCUT2D eigenvalue weighted by Crippen LogP contribution is 2.56. The van der Waals surface area contributed by atoms with Crippen molar-refractivity contribution in [3.05, 3.63) is 0 Å². The van der Waals surface area contributed by atoms with Crippen molar-refractivity contribution in [3.8, 4) is 0 Å². The van der Waals surface area contributed by atoms with Gasteiger partial charge in [-0.05, 0) is 41.9 Å². The second kappa shape index (κ2) is 5.56. The van der Waals surface area contributed by atoms with Gasteiger partial charge in [0, 0.05) is 0 Å². The van der Waals surface area contributed by atoms with Gasteiger partial charge in [-0.2, -0.15) is 0 Å². The highest BCUT2D eigenvalue weighted by Gasteiger charge is 2.48. The summed E-state index contributed by atoms with van der Waals surface area (Å²) in [5.74, 6) is 3.70. The van der Waals surface area contributed by atoms with E-state index in [1.165, 1.54) is 32.1 Å². The molecule has 0 saturated heterocycles. The zero-order chi connectivity index (χ0) is 12.3. The van der Waals surface area contributed by atoms with Gasteiger partial charge in [0.25, 0.3) is 0 Å². The molecule has 0 aromatic rings. The van der Waals surface area contributed by atoms with E-state index in [1.54, 1.807) is 0 Å². The first-order chi connectivity index (χ1) is 7.48. The maximum atomic E-state index is 2.58. The standard InChI is InChI=1S/C16H32/c1-7-9-12(3)15-11-10-14(5)16(15,6)13(4)8-2/h12-15H,7-11H2,1-6H3. The predicted octanol–water partition coefficient (Wildman–Crippen LogP) is 5.52. The fourth-order valence-corrected chi connectivity index (χ4v) is 4.26. The molecule has 0 N–H and O–H groups in total. The zero-order valence-corrected chi connectivity index (χ0v) is 12.3. The minimum absolute atomic E-state index is 0.601. The quantitative estimate of drug-likeness (QED) is 0.576. The van der Waals surface area contributed by atoms with Crippen LogP contribution in [0.15, 0.2) is 0 Å². The Kier molecular flexibility index (Phi) is 4.88. The van der Waals surface area contributed by atoms with Crippen molar-refractivity contribution < 1.29 is 0 Å². The molecule has 5 atom stereocenters. The Hall–Kier alpha value is 0. The molecule has 0 amide bonds. The monoisotopic (exact) mass is 224 g/mol. The SMILES string of the molecule is CCCC(C)C1CCC(C)C1(C)C(C)CC. The predicted molar refractivity (Wildman–Crippen MR) is 73.5 cm³/mol. The van der Waals surface area contributed by atoms with Gasteiger partial charge >= 0.3 is 0 Å². The minimum atomic E-state index is 0.601. The number of rotatable bonds is 5. The van der Waals surface area contributed by atoms with Crippen molar-refractivity contribution in [1.82, 2.24) is 0 Å². The summed E-state index contributed by atoms with van der Waals surface area (Å²) in [7, 11) is 0. The lowest BCUT2D eigenvalue weighted by Gasteiger charge is -2.43. The van der Waals surface area contributed by atoms with Gasteiger partial charge in [-0.25, -0.2) is 0 Å². The lowest BCUT2D eigenvalue weighted by Crippen LogP contribution is -2.37. The van der Waals surface area contributed by atoms with Gasteiger partial charge < -0.3 is 0 Å². The van der Waals surface area contributed by atoms with Gasteiger partial charge in [-0.3, -0.25) is 0 Å². The second-order valence-corrected chi connectivity index (χ2v) is 6.53. The molecule has 0 aromatic carbocycles. The number of hydrogen-bond acceptors (Lipinski definition) is 0. The van der Waals surface area contributed by atoms with Crippen LogP contribution in [-0.4, -0.2) is 0 Å². The molecule has 0 heterocycles. The Balaban J connectivity index is 2.83. The fraction of sp³-hybridized carbons (Fsp3) is 1.00. The third kappa shape index (κ3) is 2.31. The Morgan fingerprint density at radius 2 is 1.81 bits per heavy atom. The Labute approximate surface area is 103 Å². The van der Waals surface area contributed by atoms with Gasteiger partial charge in [0.1, 0.15) is 0 Å². The van der Waals surface area contributed by atoms with Crippen LogP contribution in [0.4, 0.5) is 0 Å². The van der Waals surface area contributed by atoms with Crippen molar-refractivity contribution in [1.29, 1.82) is 0 Å². The summed E-state index contributed by atoms with van der Waals surface area (Å²) in [6.07, 6.45) is 7.05. The molecule has 1 aliphatic rings. The molecule has 0 aromatic heterocycles. The van der Waals surface area contributed by atoms with Gasteiger partial charge in [0.05, 0.1) is 0 Å². The number of hydrogen-bond donors (Lipinski definition) is 0. The van der Waals surface area contributed by atoms with Crippen molar-refractivity contribution >= 4 is 0 Å². The Bertz CT molecular complexity index is 208. The molecule has 0 radical (unpaired) electrons. The topological polar surface area (TPSA) is 0 Å². The molecule has 1 rings (SSSR count). The first kappa shape index (κ1) is 14.1. The van der Waals surface area contributed by atoms with Gasteiger partial charge in [0.15, 0.2) is 0 Å². The molecule has 5 unspecified atom stereocenters. The van der Waals surface area contributed by atoms with Crippen LogP contribution in [0.5, 0.6) is 0 Å². The summed E-state index contributed by atoms with van der Waals surface area (Å²) < 4.78 is 0. The van der Waals surface area contributed by atoms with Gasteiger partial charge in [0.2, 0.25) is 0 Å². The summed E-state index contributed by atoms with van der Waals surface area (Å²) in [5.41, 5.74) is 0.601. The zero-order valence-electron chi connectivity index (χ0n) is 12.3. The molecule has 1 saturated carbocycles. The average molecular weight is 224 g/mol. The first-order valence-electron chi connectivity index (χ1n) is 7.48.